The Morgan fingerprint density at radius 2 is 1.68 bits per heavy atom. The molecule has 2 aromatic carbocycles. The Morgan fingerprint density at radius 1 is 0.964 bits per heavy atom. The van der Waals surface area contributed by atoms with Gasteiger partial charge in [-0.15, -0.1) is 0 Å². The van der Waals surface area contributed by atoms with E-state index in [0.717, 1.165) is 22.4 Å². The smallest absolute Gasteiger partial charge is 0.141 e. The largest absolute Gasteiger partial charge is 0.497 e. The van der Waals surface area contributed by atoms with Crippen LogP contribution in [0.15, 0.2) is 84.7 Å². The third kappa shape index (κ3) is 3.47. The number of hydrogen-bond acceptors (Lipinski definition) is 4. The number of nitriles is 1. The van der Waals surface area contributed by atoms with Crippen molar-refractivity contribution >= 4 is 5.76 Å². The van der Waals surface area contributed by atoms with E-state index < -0.39 is 0 Å². The van der Waals surface area contributed by atoms with Gasteiger partial charge in [0, 0.05) is 30.3 Å². The van der Waals surface area contributed by atoms with Crippen LogP contribution in [0, 0.1) is 11.3 Å². The number of hydrogen-bond donors (Lipinski definition) is 0. The van der Waals surface area contributed by atoms with Gasteiger partial charge in [0.1, 0.15) is 17.6 Å². The Hall–Kier alpha value is -3.58. The second kappa shape index (κ2) is 7.98. The van der Waals surface area contributed by atoms with Crippen molar-refractivity contribution in [2.45, 2.75) is 18.4 Å². The molecule has 1 aliphatic rings. The highest BCUT2D eigenvalue weighted by atomic mass is 16.5. The molecule has 0 N–H and O–H groups in total. The Morgan fingerprint density at radius 3 is 2.32 bits per heavy atom. The summed E-state index contributed by atoms with van der Waals surface area (Å²) >= 11 is 0. The molecule has 138 valence electrons. The summed E-state index contributed by atoms with van der Waals surface area (Å²) in [4.78, 5) is 4.12. The third-order valence-corrected chi connectivity index (χ3v) is 5.06. The Balaban J connectivity index is 1.80. The SMILES string of the molecule is COc1ccc([C@@H]2C[C@H](c3ccncc3)C(C#N)=C(c3ccccc3)O2)cc1. The summed E-state index contributed by atoms with van der Waals surface area (Å²) in [5, 5.41) is 9.96. The van der Waals surface area contributed by atoms with Crippen molar-refractivity contribution in [2.75, 3.05) is 7.11 Å². The average molecular weight is 368 g/mol. The van der Waals surface area contributed by atoms with Crippen LogP contribution in [0.25, 0.3) is 5.76 Å². The number of rotatable bonds is 4. The predicted molar refractivity (Wildman–Crippen MR) is 107 cm³/mol. The second-order valence-corrected chi connectivity index (χ2v) is 6.67. The molecular formula is C24H20N2O2. The maximum atomic E-state index is 9.96. The van der Waals surface area contributed by atoms with Gasteiger partial charge in [-0.05, 0) is 35.4 Å². The Kier molecular flexibility index (Phi) is 5.07. The maximum Gasteiger partial charge on any atom is 0.141 e. The molecule has 1 aromatic heterocycles. The van der Waals surface area contributed by atoms with E-state index in [0.29, 0.717) is 17.8 Å². The number of ether oxygens (including phenoxy) is 2. The molecule has 0 saturated carbocycles. The molecule has 0 saturated heterocycles. The zero-order valence-corrected chi connectivity index (χ0v) is 15.6. The van der Waals surface area contributed by atoms with Crippen LogP contribution in [0.1, 0.15) is 35.1 Å². The van der Waals surface area contributed by atoms with Crippen LogP contribution in [-0.2, 0) is 4.74 Å². The lowest BCUT2D eigenvalue weighted by Gasteiger charge is -2.32. The van der Waals surface area contributed by atoms with E-state index >= 15 is 0 Å². The van der Waals surface area contributed by atoms with Crippen molar-refractivity contribution in [1.29, 1.82) is 5.26 Å². The fraction of sp³-hybridized carbons (Fsp3) is 0.167. The van der Waals surface area contributed by atoms with E-state index in [1.165, 1.54) is 0 Å². The number of methoxy groups -OCH3 is 1. The van der Waals surface area contributed by atoms with Crippen molar-refractivity contribution in [3.63, 3.8) is 0 Å². The minimum atomic E-state index is -0.156. The van der Waals surface area contributed by atoms with E-state index in [9.17, 15) is 5.26 Å². The minimum Gasteiger partial charge on any atom is -0.497 e. The number of benzene rings is 2. The molecule has 0 amide bonds. The zero-order valence-electron chi connectivity index (χ0n) is 15.6. The van der Waals surface area contributed by atoms with E-state index in [2.05, 4.69) is 11.1 Å². The van der Waals surface area contributed by atoms with Gasteiger partial charge in [0.2, 0.25) is 0 Å². The maximum absolute atomic E-state index is 9.96. The molecular weight excluding hydrogens is 348 g/mol. The molecule has 1 aliphatic heterocycles. The highest BCUT2D eigenvalue weighted by molar-refractivity contribution is 5.70. The van der Waals surface area contributed by atoms with Gasteiger partial charge >= 0.3 is 0 Å². The second-order valence-electron chi connectivity index (χ2n) is 6.67. The van der Waals surface area contributed by atoms with Gasteiger partial charge in [0.05, 0.1) is 18.8 Å². The lowest BCUT2D eigenvalue weighted by atomic mass is 9.82. The minimum absolute atomic E-state index is 0.0518. The normalized spacial score (nSPS) is 18.9. The molecule has 0 bridgehead atoms. The summed E-state index contributed by atoms with van der Waals surface area (Å²) in [5.41, 5.74) is 3.70. The van der Waals surface area contributed by atoms with E-state index in [1.54, 1.807) is 19.5 Å². The van der Waals surface area contributed by atoms with Gasteiger partial charge < -0.3 is 9.47 Å². The monoisotopic (exact) mass is 368 g/mol. The average Bonchev–Trinajstić information content (AvgIpc) is 2.79. The first kappa shape index (κ1) is 17.8. The summed E-state index contributed by atoms with van der Waals surface area (Å²) in [6.45, 7) is 0. The number of aromatic nitrogens is 1. The molecule has 0 radical (unpaired) electrons. The van der Waals surface area contributed by atoms with Crippen LogP contribution in [0.2, 0.25) is 0 Å². The quantitative estimate of drug-likeness (QED) is 0.629. The molecule has 3 aromatic rings. The molecule has 28 heavy (non-hydrogen) atoms. The fourth-order valence-corrected chi connectivity index (χ4v) is 3.61. The molecule has 4 rings (SSSR count). The lowest BCUT2D eigenvalue weighted by Crippen LogP contribution is -2.19. The first-order valence-electron chi connectivity index (χ1n) is 9.20. The molecule has 4 nitrogen and oxygen atoms in total. The summed E-state index contributed by atoms with van der Waals surface area (Å²) in [7, 11) is 1.65. The van der Waals surface area contributed by atoms with Gasteiger partial charge in [0.15, 0.2) is 0 Å². The predicted octanol–water partition coefficient (Wildman–Crippen LogP) is 5.27. The van der Waals surface area contributed by atoms with Crippen molar-refractivity contribution in [3.05, 3.63) is 101 Å². The van der Waals surface area contributed by atoms with E-state index in [1.807, 2.05) is 66.7 Å². The summed E-state index contributed by atoms with van der Waals surface area (Å²) in [6.07, 6.45) is 4.07. The van der Waals surface area contributed by atoms with Crippen LogP contribution < -0.4 is 4.74 Å². The fourth-order valence-electron chi connectivity index (χ4n) is 3.61. The molecule has 0 aliphatic carbocycles. The highest BCUT2D eigenvalue weighted by Crippen LogP contribution is 2.45. The van der Waals surface area contributed by atoms with Crippen LogP contribution in [0.4, 0.5) is 0 Å². The van der Waals surface area contributed by atoms with Crippen LogP contribution >= 0.6 is 0 Å². The summed E-state index contributed by atoms with van der Waals surface area (Å²) in [6, 6.07) is 24.1. The molecule has 2 atom stereocenters. The van der Waals surface area contributed by atoms with Crippen molar-refractivity contribution in [1.82, 2.24) is 4.98 Å². The number of pyridine rings is 1. The Bertz CT molecular complexity index is 1010. The molecule has 4 heteroatoms. The van der Waals surface area contributed by atoms with Gasteiger partial charge in [0.25, 0.3) is 0 Å². The zero-order chi connectivity index (χ0) is 19.3. The van der Waals surface area contributed by atoms with Crippen molar-refractivity contribution in [2.24, 2.45) is 0 Å². The molecule has 0 unspecified atom stereocenters. The standard InChI is InChI=1S/C24H20N2O2/c1-27-20-9-7-18(8-10-20)23-15-21(17-11-13-26-14-12-17)22(16-25)24(28-23)19-5-3-2-4-6-19/h2-14,21,23H,15H2,1H3/t21-,23+/m1/s1. The highest BCUT2D eigenvalue weighted by Gasteiger charge is 2.33. The lowest BCUT2D eigenvalue weighted by molar-refractivity contribution is 0.138. The van der Waals surface area contributed by atoms with Gasteiger partial charge in [-0.3, -0.25) is 4.98 Å². The van der Waals surface area contributed by atoms with Crippen LogP contribution in [-0.4, -0.2) is 12.1 Å². The van der Waals surface area contributed by atoms with Crippen molar-refractivity contribution < 1.29 is 9.47 Å². The van der Waals surface area contributed by atoms with Crippen LogP contribution in [0.3, 0.4) is 0 Å². The van der Waals surface area contributed by atoms with Gasteiger partial charge in [-0.2, -0.15) is 5.26 Å². The topological polar surface area (TPSA) is 55.1 Å². The van der Waals surface area contributed by atoms with Crippen molar-refractivity contribution in [3.8, 4) is 11.8 Å². The first-order valence-corrected chi connectivity index (χ1v) is 9.20. The van der Waals surface area contributed by atoms with Gasteiger partial charge in [-0.1, -0.05) is 42.5 Å². The van der Waals surface area contributed by atoms with Gasteiger partial charge in [-0.25, -0.2) is 0 Å². The molecule has 0 spiro atoms. The molecule has 2 heterocycles. The first-order chi connectivity index (χ1) is 13.8. The molecule has 0 fully saturated rings. The Labute approximate surface area is 164 Å². The number of nitrogens with zero attached hydrogens (tertiary/aromatic N) is 2. The van der Waals surface area contributed by atoms with E-state index in [-0.39, 0.29) is 12.0 Å². The number of allylic oxidation sites excluding steroid dienone is 1. The summed E-state index contributed by atoms with van der Waals surface area (Å²) in [5.74, 6) is 1.41. The summed E-state index contributed by atoms with van der Waals surface area (Å²) < 4.78 is 11.7. The van der Waals surface area contributed by atoms with E-state index in [4.69, 9.17) is 9.47 Å². The van der Waals surface area contributed by atoms with Crippen LogP contribution in [0.5, 0.6) is 5.75 Å². The third-order valence-electron chi connectivity index (χ3n) is 5.06.